The fourth-order valence-corrected chi connectivity index (χ4v) is 2.76. The maximum absolute atomic E-state index is 11.8. The lowest BCUT2D eigenvalue weighted by atomic mass is 10.1. The summed E-state index contributed by atoms with van der Waals surface area (Å²) in [5.41, 5.74) is 5.41. The molecule has 0 spiro atoms. The van der Waals surface area contributed by atoms with Crippen molar-refractivity contribution >= 4 is 23.6 Å². The normalized spacial score (nSPS) is 17.3. The van der Waals surface area contributed by atoms with Crippen LogP contribution in [0.25, 0.3) is 0 Å². The van der Waals surface area contributed by atoms with E-state index in [0.717, 1.165) is 12.8 Å². The Bertz CT molecular complexity index is 387. The second-order valence-corrected chi connectivity index (χ2v) is 5.49. The lowest BCUT2D eigenvalue weighted by molar-refractivity contribution is -0.119. The molecule has 1 fully saturated rings. The number of thioether (sulfide) groups is 1. The smallest absolute Gasteiger partial charge is 0.230 e. The van der Waals surface area contributed by atoms with Gasteiger partial charge in [-0.25, -0.2) is 5.10 Å². The Morgan fingerprint density at radius 2 is 2.11 bits per heavy atom. The molecule has 1 aliphatic carbocycles. The predicted octanol–water partition coefficient (Wildman–Crippen LogP) is 1.32. The Morgan fingerprint density at radius 3 is 2.72 bits per heavy atom. The fourth-order valence-electron chi connectivity index (χ4n) is 2.15. The first-order chi connectivity index (χ1) is 8.74. The zero-order chi connectivity index (χ0) is 12.8. The van der Waals surface area contributed by atoms with Gasteiger partial charge in [0.05, 0.1) is 5.75 Å². The highest BCUT2D eigenvalue weighted by Gasteiger charge is 2.15. The maximum atomic E-state index is 11.8. The zero-order valence-electron chi connectivity index (χ0n) is 10.3. The van der Waals surface area contributed by atoms with Gasteiger partial charge in [-0.05, 0) is 12.8 Å². The summed E-state index contributed by atoms with van der Waals surface area (Å²) in [5, 5.41) is 10.0. The molecule has 0 saturated heterocycles. The average Bonchev–Trinajstić information content (AvgIpc) is 2.60. The van der Waals surface area contributed by atoms with Crippen molar-refractivity contribution in [1.82, 2.24) is 20.5 Å². The zero-order valence-corrected chi connectivity index (χ0v) is 11.1. The third-order valence-electron chi connectivity index (χ3n) is 3.03. The number of nitrogen functional groups attached to an aromatic ring is 1. The molecule has 18 heavy (non-hydrogen) atoms. The van der Waals surface area contributed by atoms with Crippen LogP contribution in [0.5, 0.6) is 0 Å². The van der Waals surface area contributed by atoms with E-state index in [4.69, 9.17) is 5.73 Å². The SMILES string of the molecule is Nc1nc(SCC(=O)NC2CCCCCC2)n[nH]1. The third-order valence-corrected chi connectivity index (χ3v) is 3.88. The molecular formula is C11H19N5OS. The molecule has 0 aromatic carbocycles. The highest BCUT2D eigenvalue weighted by molar-refractivity contribution is 7.99. The number of carbonyl (C=O) groups is 1. The highest BCUT2D eigenvalue weighted by atomic mass is 32.2. The van der Waals surface area contributed by atoms with Crippen molar-refractivity contribution in [1.29, 1.82) is 0 Å². The van der Waals surface area contributed by atoms with Crippen LogP contribution in [0.4, 0.5) is 5.95 Å². The Morgan fingerprint density at radius 1 is 1.39 bits per heavy atom. The van der Waals surface area contributed by atoms with Gasteiger partial charge in [0.25, 0.3) is 0 Å². The number of carbonyl (C=O) groups excluding carboxylic acids is 1. The van der Waals surface area contributed by atoms with Gasteiger partial charge in [0.15, 0.2) is 0 Å². The summed E-state index contributed by atoms with van der Waals surface area (Å²) < 4.78 is 0. The second kappa shape index (κ2) is 6.63. The molecule has 1 heterocycles. The number of anilines is 1. The van der Waals surface area contributed by atoms with Crippen molar-refractivity contribution < 1.29 is 4.79 Å². The summed E-state index contributed by atoms with van der Waals surface area (Å²) in [6, 6.07) is 0.345. The van der Waals surface area contributed by atoms with Crippen LogP contribution in [0.2, 0.25) is 0 Å². The second-order valence-electron chi connectivity index (χ2n) is 4.55. The van der Waals surface area contributed by atoms with Gasteiger partial charge >= 0.3 is 0 Å². The number of H-pyrrole nitrogens is 1. The molecule has 4 N–H and O–H groups in total. The number of nitrogens with one attached hydrogen (secondary N) is 2. The summed E-state index contributed by atoms with van der Waals surface area (Å²) in [4.78, 5) is 15.7. The molecule has 0 aliphatic heterocycles. The Hall–Kier alpha value is -1.24. The monoisotopic (exact) mass is 269 g/mol. The van der Waals surface area contributed by atoms with Crippen molar-refractivity contribution in [2.24, 2.45) is 0 Å². The third kappa shape index (κ3) is 4.21. The number of hydrogen-bond donors (Lipinski definition) is 3. The number of nitrogens with two attached hydrogens (primary N) is 1. The van der Waals surface area contributed by atoms with E-state index in [1.165, 1.54) is 37.4 Å². The van der Waals surface area contributed by atoms with E-state index in [0.29, 0.717) is 17.0 Å². The first-order valence-electron chi connectivity index (χ1n) is 6.34. The van der Waals surface area contributed by atoms with Gasteiger partial charge in [-0.1, -0.05) is 37.4 Å². The van der Waals surface area contributed by atoms with Crippen molar-refractivity contribution in [3.63, 3.8) is 0 Å². The van der Waals surface area contributed by atoms with E-state index < -0.39 is 0 Å². The molecule has 1 aromatic heterocycles. The molecule has 0 unspecified atom stereocenters. The lowest BCUT2D eigenvalue weighted by Gasteiger charge is -2.15. The van der Waals surface area contributed by atoms with Crippen LogP contribution in [-0.2, 0) is 4.79 Å². The molecule has 1 amide bonds. The van der Waals surface area contributed by atoms with E-state index in [-0.39, 0.29) is 11.9 Å². The number of nitrogens with zero attached hydrogens (tertiary/aromatic N) is 2. The van der Waals surface area contributed by atoms with Crippen LogP contribution in [0, 0.1) is 0 Å². The van der Waals surface area contributed by atoms with Crippen molar-refractivity contribution in [3.8, 4) is 0 Å². The molecule has 1 aromatic rings. The fraction of sp³-hybridized carbons (Fsp3) is 0.727. The summed E-state index contributed by atoms with van der Waals surface area (Å²) in [7, 11) is 0. The first kappa shape index (κ1) is 13.2. The molecule has 0 bridgehead atoms. The Balaban J connectivity index is 1.71. The van der Waals surface area contributed by atoms with E-state index in [1.807, 2.05) is 0 Å². The number of aromatic nitrogens is 3. The van der Waals surface area contributed by atoms with Gasteiger partial charge < -0.3 is 11.1 Å². The number of aromatic amines is 1. The molecule has 2 rings (SSSR count). The van der Waals surface area contributed by atoms with Gasteiger partial charge in [-0.2, -0.15) is 4.98 Å². The topological polar surface area (TPSA) is 96.7 Å². The van der Waals surface area contributed by atoms with Crippen LogP contribution >= 0.6 is 11.8 Å². The van der Waals surface area contributed by atoms with E-state index >= 15 is 0 Å². The Kier molecular flexibility index (Phi) is 4.86. The molecule has 6 nitrogen and oxygen atoms in total. The van der Waals surface area contributed by atoms with Crippen LogP contribution in [0.3, 0.4) is 0 Å². The Labute approximate surface area is 111 Å². The quantitative estimate of drug-likeness (QED) is 0.566. The van der Waals surface area contributed by atoms with E-state index in [1.54, 1.807) is 0 Å². The van der Waals surface area contributed by atoms with Gasteiger partial charge in [0.1, 0.15) is 0 Å². The van der Waals surface area contributed by atoms with E-state index in [2.05, 4.69) is 20.5 Å². The standard InChI is InChI=1S/C11H19N5OS/c12-10-14-11(16-15-10)18-7-9(17)13-8-5-3-1-2-4-6-8/h8H,1-7H2,(H,13,17)(H3,12,14,15,16). The van der Waals surface area contributed by atoms with Crippen molar-refractivity contribution in [2.45, 2.75) is 49.7 Å². The largest absolute Gasteiger partial charge is 0.368 e. The summed E-state index contributed by atoms with van der Waals surface area (Å²) in [5.74, 6) is 0.672. The molecule has 0 radical (unpaired) electrons. The van der Waals surface area contributed by atoms with Gasteiger partial charge in [-0.15, -0.1) is 5.10 Å². The minimum absolute atomic E-state index is 0.0512. The van der Waals surface area contributed by atoms with Gasteiger partial charge in [0.2, 0.25) is 17.0 Å². The van der Waals surface area contributed by atoms with Crippen molar-refractivity contribution in [2.75, 3.05) is 11.5 Å². The molecule has 7 heteroatoms. The number of amides is 1. The van der Waals surface area contributed by atoms with Crippen LogP contribution in [0.1, 0.15) is 38.5 Å². The minimum Gasteiger partial charge on any atom is -0.368 e. The first-order valence-corrected chi connectivity index (χ1v) is 7.32. The van der Waals surface area contributed by atoms with Crippen LogP contribution < -0.4 is 11.1 Å². The lowest BCUT2D eigenvalue weighted by Crippen LogP contribution is -2.35. The number of hydrogen-bond acceptors (Lipinski definition) is 5. The summed E-state index contributed by atoms with van der Waals surface area (Å²) in [6.45, 7) is 0. The molecule has 1 aliphatic rings. The van der Waals surface area contributed by atoms with Gasteiger partial charge in [-0.3, -0.25) is 4.79 Å². The van der Waals surface area contributed by atoms with Crippen LogP contribution in [0.15, 0.2) is 5.16 Å². The molecule has 0 atom stereocenters. The highest BCUT2D eigenvalue weighted by Crippen LogP contribution is 2.18. The molecule has 100 valence electrons. The average molecular weight is 269 g/mol. The predicted molar refractivity (Wildman–Crippen MR) is 71.2 cm³/mol. The molecule has 1 saturated carbocycles. The van der Waals surface area contributed by atoms with Gasteiger partial charge in [0, 0.05) is 6.04 Å². The molecular weight excluding hydrogens is 250 g/mol. The minimum atomic E-state index is 0.0512. The summed E-state index contributed by atoms with van der Waals surface area (Å²) >= 11 is 1.30. The van der Waals surface area contributed by atoms with Crippen LogP contribution in [-0.4, -0.2) is 32.9 Å². The maximum Gasteiger partial charge on any atom is 0.230 e. The number of rotatable bonds is 4. The van der Waals surface area contributed by atoms with Crippen molar-refractivity contribution in [3.05, 3.63) is 0 Å². The van der Waals surface area contributed by atoms with E-state index in [9.17, 15) is 4.79 Å². The summed E-state index contributed by atoms with van der Waals surface area (Å²) in [6.07, 6.45) is 7.22.